The Kier molecular flexibility index (Phi) is 25.7. The van der Waals surface area contributed by atoms with Gasteiger partial charge in [0.2, 0.25) is 0 Å². The number of ketones is 2. The van der Waals surface area contributed by atoms with E-state index in [4.69, 9.17) is 14.2 Å². The number of epoxide rings is 2. The maximum absolute atomic E-state index is 13.1. The number of ether oxygens (including phenoxy) is 3. The second-order valence-electron chi connectivity index (χ2n) is 31.1. The lowest BCUT2D eigenvalue weighted by molar-refractivity contribution is -0.152. The molecule has 4 saturated carbocycles. The molecule has 0 bridgehead atoms. The van der Waals surface area contributed by atoms with E-state index < -0.39 is 39.7 Å². The minimum Gasteiger partial charge on any atom is -0.462 e. The highest BCUT2D eigenvalue weighted by Gasteiger charge is 2.77. The van der Waals surface area contributed by atoms with Gasteiger partial charge >= 0.3 is 5.97 Å². The van der Waals surface area contributed by atoms with Gasteiger partial charge in [-0.3, -0.25) is 14.4 Å². The first-order valence-electron chi connectivity index (χ1n) is 33.4. The number of allylic oxidation sites excluding steroid dienone is 28. The van der Waals surface area contributed by atoms with Gasteiger partial charge in [-0.25, -0.2) is 0 Å². The zero-order chi connectivity index (χ0) is 70.0. The molecule has 0 radical (unpaired) electrons. The number of fused-ring (bicyclic) bond motifs is 2. The fourth-order valence-corrected chi connectivity index (χ4v) is 15.2. The zero-order valence-corrected chi connectivity index (χ0v) is 60.3. The molecule has 2 saturated heterocycles. The van der Waals surface area contributed by atoms with Gasteiger partial charge in [0.15, 0.2) is 11.6 Å². The van der Waals surface area contributed by atoms with Gasteiger partial charge in [0.25, 0.3) is 0 Å². The Balaban J connectivity index is 0.000000338. The van der Waals surface area contributed by atoms with E-state index in [1.165, 1.54) is 6.92 Å². The lowest BCUT2D eigenvalue weighted by atomic mass is 9.61. The molecule has 0 aromatic rings. The average molecular weight is 1280 g/mol. The van der Waals surface area contributed by atoms with Crippen LogP contribution in [0.3, 0.4) is 0 Å². The van der Waals surface area contributed by atoms with Gasteiger partial charge in [0.05, 0.1) is 40.7 Å². The Morgan fingerprint density at radius 1 is 0.419 bits per heavy atom. The Hall–Kier alpha value is -6.07. The van der Waals surface area contributed by atoms with E-state index in [0.717, 1.165) is 44.6 Å². The predicted molar refractivity (Wildman–Crippen MR) is 379 cm³/mol. The number of hydrogen-bond donors (Lipinski definition) is 5. The van der Waals surface area contributed by atoms with Crippen LogP contribution in [0.25, 0.3) is 0 Å². The largest absolute Gasteiger partial charge is 0.462 e. The topological polar surface area (TPSA) is 187 Å². The Bertz CT molecular complexity index is 3350. The van der Waals surface area contributed by atoms with E-state index in [9.17, 15) is 39.9 Å². The smallest absolute Gasteiger partial charge is 0.302 e. The number of carbonyl (C=O) groups excluding carboxylic acids is 3. The summed E-state index contributed by atoms with van der Waals surface area (Å²) in [6.45, 7) is 41.3. The second kappa shape index (κ2) is 30.8. The molecule has 0 amide bonds. The number of aliphatic hydroxyl groups is 5. The standard InChI is InChI=1S/C42H58O6.C40H56O5/c1-29(18-14-19-31(3)22-23-37-38(6,7)26-35(47-33(5)43)27-40(37,10)46)16-12-13-17-30(2)20-15-21-32(4)36(45)28-42-39(8,9)24-34(44)25-41(42,11)48-42;1-28(17-13-18-30(3)21-22-35-36(5,6)23-32(41)25-38(35,9)44)15-11-12-16-29(2)19-14-20-31(4)34(43)27-40-37(7,8)24-33(42)26-39(40,10)45-40/h12-22,34-35,44,46H,24-28H2,1-11H3;11-21,32-33,41-42,44H,23-27H2,1-10H3/b13-12+,18-14+,20-15+,29-16+,30-17+,31-19+,32-21+;12-11+,17-13+,19-14+,28-15+,29-16+,30-18+,31-20+/t23?,34-,35-,40+,41+,42-;22?,32-,33-,38+,39+,40-/m00/s1. The summed E-state index contributed by atoms with van der Waals surface area (Å²) in [5, 5.41) is 52.6. The minimum atomic E-state index is -1.11. The fourth-order valence-electron chi connectivity index (χ4n) is 15.2. The second-order valence-corrected chi connectivity index (χ2v) is 31.1. The van der Waals surface area contributed by atoms with Crippen LogP contribution in [0.2, 0.25) is 0 Å². The number of rotatable bonds is 21. The van der Waals surface area contributed by atoms with Crippen LogP contribution in [0, 0.1) is 21.7 Å². The Labute approximate surface area is 559 Å². The van der Waals surface area contributed by atoms with Gasteiger partial charge in [0.1, 0.15) is 17.3 Å². The molecule has 0 aromatic heterocycles. The monoisotopic (exact) mass is 1270 g/mol. The molecule has 5 N–H and O–H groups in total. The lowest BCUT2D eigenvalue weighted by Crippen LogP contribution is -2.48. The third-order valence-corrected chi connectivity index (χ3v) is 20.0. The van der Waals surface area contributed by atoms with Gasteiger partial charge in [-0.15, -0.1) is 11.5 Å². The van der Waals surface area contributed by atoms with Crippen LogP contribution in [0.5, 0.6) is 0 Å². The SMILES string of the molecule is CC(=O)O[C@H]1CC(C)(C)C(=C=C/C(C)=C/C=C/C(C)=C/C=C/C=C(C)/C=C/C=C(\C)C(=O)C[C@@]23O[C@]2(C)C[C@@H](O)CC3(C)C)[C@](C)(O)C1.C\C(C=C=C1C(C)(C)C[C@H](O)C[C@@]1(C)O)=C/C=C/C(C)=C/C=C/C=C(C)/C=C/C=C(\C)C(=O)C[C@@]12O[C@]1(C)C[C@@H](O)CC2(C)C. The van der Waals surface area contributed by atoms with Crippen LogP contribution in [0.4, 0.5) is 0 Å². The Morgan fingerprint density at radius 3 is 1.05 bits per heavy atom. The highest BCUT2D eigenvalue weighted by Crippen LogP contribution is 2.68. The molecule has 93 heavy (non-hydrogen) atoms. The molecule has 11 nitrogen and oxygen atoms in total. The number of hydrogen-bond acceptors (Lipinski definition) is 11. The summed E-state index contributed by atoms with van der Waals surface area (Å²) in [4.78, 5) is 37.6. The number of carbonyl (C=O) groups is 3. The van der Waals surface area contributed by atoms with Crippen molar-refractivity contribution in [1.29, 1.82) is 0 Å². The normalized spacial score (nSPS) is 33.1. The van der Waals surface area contributed by atoms with Gasteiger partial charge in [-0.2, -0.15) is 0 Å². The van der Waals surface area contributed by atoms with Crippen LogP contribution in [-0.4, -0.2) is 101 Å². The molecule has 6 rings (SSSR count). The summed E-state index contributed by atoms with van der Waals surface area (Å²) in [7, 11) is 0. The predicted octanol–water partition coefficient (Wildman–Crippen LogP) is 16.8. The van der Waals surface area contributed by atoms with Crippen LogP contribution >= 0.6 is 0 Å². The van der Waals surface area contributed by atoms with E-state index in [1.54, 1.807) is 13.8 Å². The summed E-state index contributed by atoms with van der Waals surface area (Å²) in [5.41, 5.74) is 10.8. The third-order valence-electron chi connectivity index (χ3n) is 20.0. The number of aliphatic hydroxyl groups excluding tert-OH is 3. The van der Waals surface area contributed by atoms with Crippen LogP contribution in [0.15, 0.2) is 201 Å². The van der Waals surface area contributed by atoms with Gasteiger partial charge in [0, 0.05) is 56.6 Å². The molecule has 2 aliphatic heterocycles. The first-order chi connectivity index (χ1) is 42.9. The van der Waals surface area contributed by atoms with Gasteiger partial charge in [-0.1, -0.05) is 199 Å². The van der Waals surface area contributed by atoms with E-state index >= 15 is 0 Å². The molecule has 0 spiro atoms. The van der Waals surface area contributed by atoms with E-state index in [1.807, 2.05) is 231 Å². The van der Waals surface area contributed by atoms with E-state index in [0.29, 0.717) is 75.4 Å². The van der Waals surface area contributed by atoms with Crippen LogP contribution in [0.1, 0.15) is 210 Å². The number of esters is 1. The van der Waals surface area contributed by atoms with E-state index in [2.05, 4.69) is 39.2 Å². The van der Waals surface area contributed by atoms with Crippen molar-refractivity contribution in [3.8, 4) is 0 Å². The highest BCUT2D eigenvalue weighted by molar-refractivity contribution is 5.97. The molecule has 11 heteroatoms. The molecule has 10 atom stereocenters. The van der Waals surface area contributed by atoms with Crippen molar-refractivity contribution in [3.63, 3.8) is 0 Å². The maximum Gasteiger partial charge on any atom is 0.302 e. The lowest BCUT2D eigenvalue weighted by Gasteiger charge is -2.44. The van der Waals surface area contributed by atoms with Crippen molar-refractivity contribution in [1.82, 2.24) is 0 Å². The first kappa shape index (κ1) is 77.6. The van der Waals surface area contributed by atoms with Gasteiger partial charge in [-0.05, 0) is 165 Å². The van der Waals surface area contributed by atoms with Crippen molar-refractivity contribution >= 4 is 17.5 Å². The molecule has 2 heterocycles. The van der Waals surface area contributed by atoms with Crippen molar-refractivity contribution in [3.05, 3.63) is 201 Å². The van der Waals surface area contributed by atoms with Crippen LogP contribution < -0.4 is 0 Å². The third kappa shape index (κ3) is 20.5. The average Bonchev–Trinajstić information content (AvgIpc) is 1.52. The quantitative estimate of drug-likeness (QED) is 0.0242. The van der Waals surface area contributed by atoms with E-state index in [-0.39, 0.29) is 57.5 Å². The van der Waals surface area contributed by atoms with Crippen LogP contribution in [-0.2, 0) is 28.6 Å². The summed E-state index contributed by atoms with van der Waals surface area (Å²) in [6.07, 6.45) is 47.0. The number of Topliss-reactive ketones (excluding diaryl/α,β-unsaturated/α-hetero) is 2. The summed E-state index contributed by atoms with van der Waals surface area (Å²) in [5.74, 6) is -0.158. The first-order valence-corrected chi connectivity index (χ1v) is 33.4. The van der Waals surface area contributed by atoms with Crippen molar-refractivity contribution < 1.29 is 54.1 Å². The molecule has 6 fully saturated rings. The van der Waals surface area contributed by atoms with Crippen molar-refractivity contribution in [2.24, 2.45) is 21.7 Å². The van der Waals surface area contributed by atoms with Gasteiger partial charge < -0.3 is 39.7 Å². The molecular formula is C82H114O11. The summed E-state index contributed by atoms with van der Waals surface area (Å²) >= 11 is 0. The highest BCUT2D eigenvalue weighted by atomic mass is 16.6. The van der Waals surface area contributed by atoms with Crippen molar-refractivity contribution in [2.45, 2.75) is 268 Å². The minimum absolute atomic E-state index is 0.0816. The molecule has 0 unspecified atom stereocenters. The fraction of sp³-hybridized carbons (Fsp3) is 0.549. The summed E-state index contributed by atoms with van der Waals surface area (Å²) in [6, 6.07) is 0. The molecule has 0 aromatic carbocycles. The van der Waals surface area contributed by atoms with Crippen molar-refractivity contribution in [2.75, 3.05) is 0 Å². The maximum atomic E-state index is 13.1. The Morgan fingerprint density at radius 2 is 0.731 bits per heavy atom. The molecule has 6 aliphatic rings. The summed E-state index contributed by atoms with van der Waals surface area (Å²) < 4.78 is 17.8. The molecular weight excluding hydrogens is 1160 g/mol. The zero-order valence-electron chi connectivity index (χ0n) is 60.3. The molecule has 4 aliphatic carbocycles. The molecule has 508 valence electrons.